The van der Waals surface area contributed by atoms with Crippen LogP contribution in [0, 0.1) is 0 Å². The minimum absolute atomic E-state index is 0.709. The van der Waals surface area contributed by atoms with E-state index >= 15 is 0 Å². The van der Waals surface area contributed by atoms with E-state index in [-0.39, 0.29) is 0 Å². The minimum Gasteiger partial charge on any atom is -0.312 e. The summed E-state index contributed by atoms with van der Waals surface area (Å²) in [4.78, 5) is 6.95. The summed E-state index contributed by atoms with van der Waals surface area (Å²) in [5.74, 6) is 0. The second-order valence-electron chi connectivity index (χ2n) is 5.75. The van der Waals surface area contributed by atoms with Crippen molar-refractivity contribution < 1.29 is 0 Å². The maximum Gasteiger partial charge on any atom is 0.0410 e. The lowest BCUT2D eigenvalue weighted by Crippen LogP contribution is -2.49. The lowest BCUT2D eigenvalue weighted by molar-refractivity contribution is 0.112. The summed E-state index contributed by atoms with van der Waals surface area (Å²) in [6.45, 7) is 3.47. The van der Waals surface area contributed by atoms with E-state index < -0.39 is 0 Å². The number of hydrogen-bond acceptors (Lipinski definition) is 3. The Morgan fingerprint density at radius 1 is 1.26 bits per heavy atom. The maximum absolute atomic E-state index is 4.28. The van der Waals surface area contributed by atoms with Crippen LogP contribution < -0.4 is 5.32 Å². The van der Waals surface area contributed by atoms with Crippen molar-refractivity contribution in [2.45, 2.75) is 50.7 Å². The van der Waals surface area contributed by atoms with Crippen molar-refractivity contribution in [2.24, 2.45) is 0 Å². The van der Waals surface area contributed by atoms with Gasteiger partial charge in [-0.25, -0.2) is 0 Å². The van der Waals surface area contributed by atoms with E-state index in [1.54, 1.807) is 0 Å². The van der Waals surface area contributed by atoms with Crippen LogP contribution >= 0.6 is 15.9 Å². The van der Waals surface area contributed by atoms with Crippen LogP contribution in [0.1, 0.15) is 37.7 Å². The molecule has 3 rings (SSSR count). The van der Waals surface area contributed by atoms with Crippen LogP contribution in [0.2, 0.25) is 0 Å². The largest absolute Gasteiger partial charge is 0.312 e. The number of rotatable bonds is 3. The summed E-state index contributed by atoms with van der Waals surface area (Å²) in [7, 11) is 0. The SMILES string of the molecule is Brc1cncc(CN2CCCCC2C2CCCN2)c1. The summed E-state index contributed by atoms with van der Waals surface area (Å²) >= 11 is 3.51. The first kappa shape index (κ1) is 13.5. The van der Waals surface area contributed by atoms with Gasteiger partial charge in [0.05, 0.1) is 0 Å². The number of halogens is 1. The third-order valence-electron chi connectivity index (χ3n) is 4.37. The highest BCUT2D eigenvalue weighted by molar-refractivity contribution is 9.10. The summed E-state index contributed by atoms with van der Waals surface area (Å²) < 4.78 is 1.08. The Balaban J connectivity index is 1.69. The second kappa shape index (κ2) is 6.33. The quantitative estimate of drug-likeness (QED) is 0.927. The lowest BCUT2D eigenvalue weighted by atomic mass is 9.94. The van der Waals surface area contributed by atoms with Crippen molar-refractivity contribution >= 4 is 15.9 Å². The normalized spacial score (nSPS) is 28.7. The minimum atomic E-state index is 0.709. The topological polar surface area (TPSA) is 28.2 Å². The molecule has 1 aromatic rings. The smallest absolute Gasteiger partial charge is 0.0410 e. The molecule has 4 heteroatoms. The molecule has 2 aliphatic rings. The molecule has 2 atom stereocenters. The number of likely N-dealkylation sites (tertiary alicyclic amines) is 1. The van der Waals surface area contributed by atoms with E-state index in [0.29, 0.717) is 6.04 Å². The molecule has 1 aromatic heterocycles. The summed E-state index contributed by atoms with van der Waals surface area (Å²) in [6.07, 6.45) is 10.6. The van der Waals surface area contributed by atoms with Crippen LogP contribution in [0.5, 0.6) is 0 Å². The number of piperidine rings is 1. The molecule has 0 aromatic carbocycles. The molecule has 0 amide bonds. The Bertz CT molecular complexity index is 418. The van der Waals surface area contributed by atoms with Gasteiger partial charge in [0.1, 0.15) is 0 Å². The van der Waals surface area contributed by atoms with Crippen molar-refractivity contribution in [1.82, 2.24) is 15.2 Å². The summed E-state index contributed by atoms with van der Waals surface area (Å²) in [5.41, 5.74) is 1.32. The van der Waals surface area contributed by atoms with Crippen LogP contribution in [-0.4, -0.2) is 35.1 Å². The van der Waals surface area contributed by atoms with Gasteiger partial charge in [-0.2, -0.15) is 0 Å². The molecule has 1 N–H and O–H groups in total. The fourth-order valence-electron chi connectivity index (χ4n) is 3.49. The third-order valence-corrected chi connectivity index (χ3v) is 4.81. The van der Waals surface area contributed by atoms with Crippen LogP contribution in [0.3, 0.4) is 0 Å². The van der Waals surface area contributed by atoms with Gasteiger partial charge in [-0.3, -0.25) is 9.88 Å². The van der Waals surface area contributed by atoms with Gasteiger partial charge in [0.2, 0.25) is 0 Å². The second-order valence-corrected chi connectivity index (χ2v) is 6.66. The fourth-order valence-corrected chi connectivity index (χ4v) is 3.90. The van der Waals surface area contributed by atoms with Gasteiger partial charge >= 0.3 is 0 Å². The Labute approximate surface area is 123 Å². The molecule has 2 saturated heterocycles. The van der Waals surface area contributed by atoms with Crippen molar-refractivity contribution in [3.8, 4) is 0 Å². The fraction of sp³-hybridized carbons (Fsp3) is 0.667. The van der Waals surface area contributed by atoms with Crippen LogP contribution in [0.4, 0.5) is 0 Å². The molecule has 0 spiro atoms. The first-order valence-corrected chi connectivity index (χ1v) is 8.19. The van der Waals surface area contributed by atoms with Crippen molar-refractivity contribution in [2.75, 3.05) is 13.1 Å². The van der Waals surface area contributed by atoms with E-state index in [9.17, 15) is 0 Å². The molecule has 2 fully saturated rings. The molecular weight excluding hydrogens is 302 g/mol. The molecule has 0 bridgehead atoms. The number of nitrogens with one attached hydrogen (secondary N) is 1. The molecule has 3 nitrogen and oxygen atoms in total. The van der Waals surface area contributed by atoms with Gasteiger partial charge in [-0.05, 0) is 66.3 Å². The molecule has 0 saturated carbocycles. The van der Waals surface area contributed by atoms with E-state index in [1.165, 1.54) is 50.8 Å². The highest BCUT2D eigenvalue weighted by Gasteiger charge is 2.31. The van der Waals surface area contributed by atoms with E-state index in [0.717, 1.165) is 17.1 Å². The first-order chi connectivity index (χ1) is 9.33. The maximum atomic E-state index is 4.28. The van der Waals surface area contributed by atoms with Gasteiger partial charge in [0.15, 0.2) is 0 Å². The zero-order valence-corrected chi connectivity index (χ0v) is 12.9. The van der Waals surface area contributed by atoms with Crippen LogP contribution in [0.15, 0.2) is 22.9 Å². The molecule has 3 heterocycles. The Morgan fingerprint density at radius 3 is 3.00 bits per heavy atom. The van der Waals surface area contributed by atoms with Gasteiger partial charge < -0.3 is 5.32 Å². The molecule has 0 aliphatic carbocycles. The van der Waals surface area contributed by atoms with Crippen LogP contribution in [0.25, 0.3) is 0 Å². The lowest BCUT2D eigenvalue weighted by Gasteiger charge is -2.39. The van der Waals surface area contributed by atoms with Gasteiger partial charge in [0, 0.05) is 35.5 Å². The predicted molar refractivity (Wildman–Crippen MR) is 81.0 cm³/mol. The molecule has 2 unspecified atom stereocenters. The van der Waals surface area contributed by atoms with Crippen molar-refractivity contribution in [3.05, 3.63) is 28.5 Å². The van der Waals surface area contributed by atoms with Gasteiger partial charge in [-0.15, -0.1) is 0 Å². The average molecular weight is 324 g/mol. The highest BCUT2D eigenvalue weighted by Crippen LogP contribution is 2.26. The van der Waals surface area contributed by atoms with E-state index in [4.69, 9.17) is 0 Å². The number of nitrogens with zero attached hydrogens (tertiary/aromatic N) is 2. The van der Waals surface area contributed by atoms with Crippen molar-refractivity contribution in [1.29, 1.82) is 0 Å². The number of aromatic nitrogens is 1. The first-order valence-electron chi connectivity index (χ1n) is 7.40. The monoisotopic (exact) mass is 323 g/mol. The third kappa shape index (κ3) is 3.36. The number of pyridine rings is 1. The Hall–Kier alpha value is -0.450. The predicted octanol–water partition coefficient (Wildman–Crippen LogP) is 2.95. The highest BCUT2D eigenvalue weighted by atomic mass is 79.9. The summed E-state index contributed by atoms with van der Waals surface area (Å²) in [6, 6.07) is 3.62. The Kier molecular flexibility index (Phi) is 4.51. The molecule has 2 aliphatic heterocycles. The van der Waals surface area contributed by atoms with E-state index in [1.807, 2.05) is 12.4 Å². The zero-order valence-electron chi connectivity index (χ0n) is 11.3. The van der Waals surface area contributed by atoms with Gasteiger partial charge in [-0.1, -0.05) is 6.42 Å². The standard InChI is InChI=1S/C15H22BrN3/c16-13-8-12(9-17-10-13)11-19-7-2-1-5-15(19)14-4-3-6-18-14/h8-10,14-15,18H,1-7,11H2. The summed E-state index contributed by atoms with van der Waals surface area (Å²) in [5, 5.41) is 3.69. The number of hydrogen-bond donors (Lipinski definition) is 1. The van der Waals surface area contributed by atoms with Gasteiger partial charge in [0.25, 0.3) is 0 Å². The van der Waals surface area contributed by atoms with Crippen LogP contribution in [-0.2, 0) is 6.54 Å². The molecule has 0 radical (unpaired) electrons. The molecule has 104 valence electrons. The Morgan fingerprint density at radius 2 is 2.21 bits per heavy atom. The molecular formula is C15H22BrN3. The van der Waals surface area contributed by atoms with E-state index in [2.05, 4.69) is 37.2 Å². The average Bonchev–Trinajstić information content (AvgIpc) is 2.93. The zero-order chi connectivity index (χ0) is 13.1. The molecule has 19 heavy (non-hydrogen) atoms. The van der Waals surface area contributed by atoms with Crippen molar-refractivity contribution in [3.63, 3.8) is 0 Å².